The Labute approximate surface area is 103 Å². The van der Waals surface area contributed by atoms with Crippen molar-refractivity contribution in [2.75, 3.05) is 0 Å². The van der Waals surface area contributed by atoms with Crippen LogP contribution in [0, 0.1) is 0 Å². The SMILES string of the molecule is c1ccc2c3[nH+]c4ccccc4c-3scc2c1. The molecule has 80 valence electrons. The third kappa shape index (κ3) is 1.22. The van der Waals surface area contributed by atoms with Gasteiger partial charge in [-0.15, -0.1) is 11.3 Å². The van der Waals surface area contributed by atoms with Gasteiger partial charge in [-0.25, -0.2) is 4.98 Å². The van der Waals surface area contributed by atoms with E-state index in [0.717, 1.165) is 0 Å². The molecule has 0 aliphatic carbocycles. The first kappa shape index (κ1) is 9.14. The lowest BCUT2D eigenvalue weighted by atomic mass is 10.1. The molecule has 0 unspecified atom stereocenters. The van der Waals surface area contributed by atoms with E-state index < -0.39 is 0 Å². The maximum absolute atomic E-state index is 3.53. The Bertz CT molecular complexity index is 800. The smallest absolute Gasteiger partial charge is 0.203 e. The Balaban J connectivity index is 2.28. The first-order valence-corrected chi connectivity index (χ1v) is 6.51. The molecule has 2 heterocycles. The number of aromatic amines is 1. The zero-order valence-corrected chi connectivity index (χ0v) is 9.92. The van der Waals surface area contributed by atoms with Gasteiger partial charge in [-0.2, -0.15) is 0 Å². The Morgan fingerprint density at radius 3 is 2.53 bits per heavy atom. The third-order valence-electron chi connectivity index (χ3n) is 3.19. The Hall–Kier alpha value is -1.93. The summed E-state index contributed by atoms with van der Waals surface area (Å²) in [5, 5.41) is 6.16. The Morgan fingerprint density at radius 2 is 1.59 bits per heavy atom. The number of benzene rings is 2. The fourth-order valence-electron chi connectivity index (χ4n) is 2.38. The van der Waals surface area contributed by atoms with Gasteiger partial charge in [-0.1, -0.05) is 30.3 Å². The highest BCUT2D eigenvalue weighted by molar-refractivity contribution is 7.14. The van der Waals surface area contributed by atoms with E-state index >= 15 is 0 Å². The predicted molar refractivity (Wildman–Crippen MR) is 72.5 cm³/mol. The summed E-state index contributed by atoms with van der Waals surface area (Å²) >= 11 is 1.81. The second kappa shape index (κ2) is 3.28. The average Bonchev–Trinajstić information content (AvgIpc) is 2.78. The molecule has 0 radical (unpaired) electrons. The molecule has 0 atom stereocenters. The van der Waals surface area contributed by atoms with Crippen molar-refractivity contribution >= 4 is 33.0 Å². The highest BCUT2D eigenvalue weighted by atomic mass is 32.1. The fraction of sp³-hybridized carbons (Fsp3) is 0. The van der Waals surface area contributed by atoms with Gasteiger partial charge in [0, 0.05) is 6.07 Å². The topological polar surface area (TPSA) is 14.1 Å². The van der Waals surface area contributed by atoms with Crippen LogP contribution in [0.4, 0.5) is 0 Å². The van der Waals surface area contributed by atoms with E-state index in [4.69, 9.17) is 0 Å². The van der Waals surface area contributed by atoms with Gasteiger partial charge in [-0.3, -0.25) is 0 Å². The zero-order valence-electron chi connectivity index (χ0n) is 9.10. The second-order valence-electron chi connectivity index (χ2n) is 4.20. The Morgan fingerprint density at radius 1 is 0.824 bits per heavy atom. The molecule has 0 spiro atoms. The van der Waals surface area contributed by atoms with Crippen molar-refractivity contribution in [1.29, 1.82) is 0 Å². The molecule has 4 rings (SSSR count). The van der Waals surface area contributed by atoms with Crippen molar-refractivity contribution in [2.24, 2.45) is 0 Å². The monoisotopic (exact) mass is 236 g/mol. The van der Waals surface area contributed by atoms with Gasteiger partial charge in [0.15, 0.2) is 0 Å². The van der Waals surface area contributed by atoms with Crippen molar-refractivity contribution < 1.29 is 4.98 Å². The molecule has 0 saturated carbocycles. The van der Waals surface area contributed by atoms with Gasteiger partial charge in [0.1, 0.15) is 4.88 Å². The van der Waals surface area contributed by atoms with Crippen LogP contribution in [0.25, 0.3) is 32.2 Å². The van der Waals surface area contributed by atoms with Gasteiger partial charge in [0.05, 0.1) is 10.8 Å². The van der Waals surface area contributed by atoms with Crippen molar-refractivity contribution in [2.45, 2.75) is 0 Å². The van der Waals surface area contributed by atoms with Gasteiger partial charge in [0.2, 0.25) is 11.2 Å². The molecule has 0 amide bonds. The molecular formula is C15H10NS+. The maximum atomic E-state index is 3.53. The molecule has 17 heavy (non-hydrogen) atoms. The number of H-pyrrole nitrogens is 1. The summed E-state index contributed by atoms with van der Waals surface area (Å²) in [4.78, 5) is 4.88. The minimum Gasteiger partial charge on any atom is -0.203 e. The van der Waals surface area contributed by atoms with Crippen LogP contribution in [0.15, 0.2) is 53.9 Å². The van der Waals surface area contributed by atoms with Gasteiger partial charge in [-0.05, 0) is 22.9 Å². The second-order valence-corrected chi connectivity index (χ2v) is 5.08. The highest BCUT2D eigenvalue weighted by Crippen LogP contribution is 2.36. The highest BCUT2D eigenvalue weighted by Gasteiger charge is 2.21. The van der Waals surface area contributed by atoms with Gasteiger partial charge < -0.3 is 0 Å². The lowest BCUT2D eigenvalue weighted by molar-refractivity contribution is -0.325. The molecule has 0 bridgehead atoms. The molecule has 1 N–H and O–H groups in total. The van der Waals surface area contributed by atoms with Crippen LogP contribution in [0.3, 0.4) is 0 Å². The number of rotatable bonds is 0. The number of nitrogens with one attached hydrogen (secondary N) is 1. The minimum atomic E-state index is 1.22. The number of hydrogen-bond acceptors (Lipinski definition) is 1. The maximum Gasteiger partial charge on any atom is 0.230 e. The first-order valence-electron chi connectivity index (χ1n) is 5.63. The van der Waals surface area contributed by atoms with E-state index in [-0.39, 0.29) is 0 Å². The summed E-state index contributed by atoms with van der Waals surface area (Å²) in [5.74, 6) is 0. The molecule has 2 aliphatic rings. The van der Waals surface area contributed by atoms with Crippen molar-refractivity contribution in [3.8, 4) is 10.6 Å². The summed E-state index contributed by atoms with van der Waals surface area (Å²) in [6.45, 7) is 0. The third-order valence-corrected chi connectivity index (χ3v) is 4.22. The molecule has 1 nitrogen and oxygen atoms in total. The minimum absolute atomic E-state index is 1.22. The quantitative estimate of drug-likeness (QED) is 0.438. The summed E-state index contributed by atoms with van der Waals surface area (Å²) in [5.41, 5.74) is 2.48. The van der Waals surface area contributed by atoms with E-state index in [1.807, 2.05) is 11.3 Å². The van der Waals surface area contributed by atoms with Crippen molar-refractivity contribution in [1.82, 2.24) is 0 Å². The average molecular weight is 236 g/mol. The van der Waals surface area contributed by atoms with Crippen LogP contribution in [-0.2, 0) is 0 Å². The summed E-state index contributed by atoms with van der Waals surface area (Å²) in [7, 11) is 0. The molecule has 0 saturated heterocycles. The standard InChI is InChI=1S/C15H9NS/c1-2-6-11-10(5-1)9-17-15-12-7-3-4-8-13(12)16-14(11)15/h1-9H/p+1. The summed E-state index contributed by atoms with van der Waals surface area (Å²) < 4.78 is 0. The van der Waals surface area contributed by atoms with E-state index in [2.05, 4.69) is 58.9 Å². The van der Waals surface area contributed by atoms with Gasteiger partial charge >= 0.3 is 0 Å². The number of aromatic nitrogens is 1. The molecule has 2 heteroatoms. The summed E-state index contributed by atoms with van der Waals surface area (Å²) in [6, 6.07) is 17.0. The van der Waals surface area contributed by atoms with Crippen LogP contribution in [0.5, 0.6) is 0 Å². The van der Waals surface area contributed by atoms with E-state index in [1.54, 1.807) is 0 Å². The normalized spacial score (nSPS) is 11.5. The van der Waals surface area contributed by atoms with Crippen LogP contribution in [0.2, 0.25) is 0 Å². The molecule has 2 aliphatic heterocycles. The van der Waals surface area contributed by atoms with Crippen molar-refractivity contribution in [3.63, 3.8) is 0 Å². The van der Waals surface area contributed by atoms with Crippen molar-refractivity contribution in [3.05, 3.63) is 53.9 Å². The molecular weight excluding hydrogens is 226 g/mol. The number of hydrogen-bond donors (Lipinski definition) is 0. The van der Waals surface area contributed by atoms with E-state index in [9.17, 15) is 0 Å². The molecule has 0 aromatic heterocycles. The van der Waals surface area contributed by atoms with Crippen LogP contribution in [-0.4, -0.2) is 0 Å². The lowest BCUT2D eigenvalue weighted by Gasteiger charge is -1.98. The predicted octanol–water partition coefficient (Wildman–Crippen LogP) is 3.97. The lowest BCUT2D eigenvalue weighted by Crippen LogP contribution is -2.00. The molecule has 0 fully saturated rings. The number of para-hydroxylation sites is 1. The number of fused-ring (bicyclic) bond motifs is 5. The molecule has 2 aromatic carbocycles. The van der Waals surface area contributed by atoms with Crippen LogP contribution >= 0.6 is 11.3 Å². The summed E-state index contributed by atoms with van der Waals surface area (Å²) in [6.07, 6.45) is 0. The van der Waals surface area contributed by atoms with E-state index in [1.165, 1.54) is 32.2 Å². The fourth-order valence-corrected chi connectivity index (χ4v) is 3.41. The van der Waals surface area contributed by atoms with Crippen LogP contribution < -0.4 is 4.98 Å². The molecule has 2 aromatic rings. The largest absolute Gasteiger partial charge is 0.230 e. The Kier molecular flexibility index (Phi) is 1.76. The first-order chi connectivity index (χ1) is 8.43. The van der Waals surface area contributed by atoms with Crippen LogP contribution in [0.1, 0.15) is 0 Å². The van der Waals surface area contributed by atoms with Gasteiger partial charge in [0.25, 0.3) is 0 Å². The van der Waals surface area contributed by atoms with E-state index in [0.29, 0.717) is 0 Å². The zero-order chi connectivity index (χ0) is 11.2.